The Balaban J connectivity index is 1.46. The zero-order chi connectivity index (χ0) is 19.1. The Morgan fingerprint density at radius 3 is 2.96 bits per heavy atom. The van der Waals surface area contributed by atoms with E-state index >= 15 is 0 Å². The topological polar surface area (TPSA) is 96.6 Å². The molecule has 3 N–H and O–H groups in total. The fourth-order valence-corrected chi connectivity index (χ4v) is 3.82. The molecule has 0 aromatic carbocycles. The molecule has 3 aromatic rings. The van der Waals surface area contributed by atoms with E-state index < -0.39 is 6.10 Å². The highest BCUT2D eigenvalue weighted by Gasteiger charge is 2.25. The van der Waals surface area contributed by atoms with E-state index in [9.17, 15) is 5.11 Å². The normalized spacial score (nSPS) is 22.9. The van der Waals surface area contributed by atoms with Gasteiger partial charge in [-0.1, -0.05) is 17.7 Å². The first-order valence-corrected chi connectivity index (χ1v) is 9.80. The van der Waals surface area contributed by atoms with Crippen LogP contribution in [0, 0.1) is 0 Å². The average Bonchev–Trinajstić information content (AvgIpc) is 3.07. The predicted molar refractivity (Wildman–Crippen MR) is 106 cm³/mol. The summed E-state index contributed by atoms with van der Waals surface area (Å²) in [5, 5.41) is 21.5. The van der Waals surface area contributed by atoms with Gasteiger partial charge in [0.2, 0.25) is 5.95 Å². The summed E-state index contributed by atoms with van der Waals surface area (Å²) >= 11 is 6.41. The third-order valence-electron chi connectivity index (χ3n) is 5.43. The predicted octanol–water partition coefficient (Wildman–Crippen LogP) is 1.69. The van der Waals surface area contributed by atoms with Gasteiger partial charge in [-0.05, 0) is 18.1 Å². The van der Waals surface area contributed by atoms with Crippen LogP contribution in [0.4, 0.5) is 5.95 Å². The lowest BCUT2D eigenvalue weighted by Crippen LogP contribution is -2.42. The molecule has 0 saturated carbocycles. The van der Waals surface area contributed by atoms with Crippen LogP contribution in [0.1, 0.15) is 17.9 Å². The van der Waals surface area contributed by atoms with E-state index in [1.54, 1.807) is 12.4 Å². The van der Waals surface area contributed by atoms with Gasteiger partial charge in [-0.3, -0.25) is 0 Å². The van der Waals surface area contributed by atoms with Crippen LogP contribution in [0.25, 0.3) is 16.8 Å². The second-order valence-electron chi connectivity index (χ2n) is 7.28. The summed E-state index contributed by atoms with van der Waals surface area (Å²) in [4.78, 5) is 8.88. The highest BCUT2D eigenvalue weighted by Crippen LogP contribution is 2.31. The first-order chi connectivity index (χ1) is 13.7. The smallest absolute Gasteiger partial charge is 0.223 e. The minimum Gasteiger partial charge on any atom is -0.389 e. The molecule has 0 radical (unpaired) electrons. The van der Waals surface area contributed by atoms with Crippen molar-refractivity contribution in [3.8, 4) is 11.3 Å². The van der Waals surface area contributed by atoms with Crippen molar-refractivity contribution in [1.82, 2.24) is 24.9 Å². The number of aliphatic hydroxyl groups is 1. The van der Waals surface area contributed by atoms with Crippen LogP contribution >= 0.6 is 11.6 Å². The number of ether oxygens (including phenoxy) is 1. The number of aliphatic hydroxyl groups excluding tert-OH is 1. The molecular formula is C19H21ClN6O2. The van der Waals surface area contributed by atoms with Crippen molar-refractivity contribution in [1.29, 1.82) is 0 Å². The van der Waals surface area contributed by atoms with Crippen LogP contribution in [-0.4, -0.2) is 63.1 Å². The molecule has 0 aliphatic carbocycles. The van der Waals surface area contributed by atoms with E-state index in [0.717, 1.165) is 24.2 Å². The first-order valence-electron chi connectivity index (χ1n) is 9.42. The van der Waals surface area contributed by atoms with E-state index in [2.05, 4.69) is 44.0 Å². The van der Waals surface area contributed by atoms with Gasteiger partial charge in [0.25, 0.3) is 0 Å². The van der Waals surface area contributed by atoms with Gasteiger partial charge >= 0.3 is 0 Å². The van der Waals surface area contributed by atoms with Gasteiger partial charge < -0.3 is 20.5 Å². The summed E-state index contributed by atoms with van der Waals surface area (Å²) in [5.41, 5.74) is 3.68. The molecule has 0 amide bonds. The van der Waals surface area contributed by atoms with Gasteiger partial charge in [0, 0.05) is 37.4 Å². The number of rotatable bonds is 4. The van der Waals surface area contributed by atoms with Crippen LogP contribution in [0.3, 0.4) is 0 Å². The first kappa shape index (κ1) is 17.8. The zero-order valence-corrected chi connectivity index (χ0v) is 15.9. The van der Waals surface area contributed by atoms with E-state index in [-0.39, 0.29) is 6.04 Å². The Labute approximate surface area is 166 Å². The summed E-state index contributed by atoms with van der Waals surface area (Å²) in [7, 11) is 0. The van der Waals surface area contributed by atoms with Crippen LogP contribution in [0.15, 0.2) is 30.7 Å². The number of halogens is 1. The van der Waals surface area contributed by atoms with Gasteiger partial charge in [-0.2, -0.15) is 5.10 Å². The highest BCUT2D eigenvalue weighted by molar-refractivity contribution is 6.33. The maximum absolute atomic E-state index is 10.1. The molecule has 146 valence electrons. The summed E-state index contributed by atoms with van der Waals surface area (Å²) < 4.78 is 7.14. The molecule has 0 spiro atoms. The second kappa shape index (κ2) is 7.29. The minimum absolute atomic E-state index is 0.148. The van der Waals surface area contributed by atoms with Gasteiger partial charge in [0.15, 0.2) is 0 Å². The van der Waals surface area contributed by atoms with E-state index in [1.807, 2.05) is 4.52 Å². The number of pyridine rings is 1. The van der Waals surface area contributed by atoms with Crippen molar-refractivity contribution in [2.75, 3.05) is 31.6 Å². The van der Waals surface area contributed by atoms with Crippen molar-refractivity contribution >= 4 is 23.1 Å². The number of nitrogens with one attached hydrogen (secondary N) is 2. The van der Waals surface area contributed by atoms with Crippen molar-refractivity contribution in [3.63, 3.8) is 0 Å². The molecule has 2 aliphatic rings. The molecular weight excluding hydrogens is 380 g/mol. The SMILES string of the molecule is O[C@@H]1COCC[C@H]1Nc1ncc(Cl)c(-c2cnn3cc(C4CNC4)ccc23)n1. The number of hydrogen-bond acceptors (Lipinski definition) is 7. The Kier molecular flexibility index (Phi) is 4.64. The highest BCUT2D eigenvalue weighted by atomic mass is 35.5. The molecule has 2 saturated heterocycles. The van der Waals surface area contributed by atoms with Gasteiger partial charge in [-0.15, -0.1) is 0 Å². The molecule has 0 unspecified atom stereocenters. The molecule has 5 heterocycles. The average molecular weight is 401 g/mol. The molecule has 9 heteroatoms. The lowest BCUT2D eigenvalue weighted by atomic mass is 9.95. The number of anilines is 1. The Hall–Kier alpha value is -2.26. The van der Waals surface area contributed by atoms with Gasteiger partial charge in [-0.25, -0.2) is 14.5 Å². The van der Waals surface area contributed by atoms with Crippen molar-refractivity contribution in [3.05, 3.63) is 41.3 Å². The summed E-state index contributed by atoms with van der Waals surface area (Å²) in [6.45, 7) is 2.92. The van der Waals surface area contributed by atoms with Gasteiger partial charge in [0.1, 0.15) is 0 Å². The largest absolute Gasteiger partial charge is 0.389 e. The lowest BCUT2D eigenvalue weighted by molar-refractivity contribution is -0.0136. The van der Waals surface area contributed by atoms with Crippen molar-refractivity contribution in [2.45, 2.75) is 24.5 Å². The molecule has 8 nitrogen and oxygen atoms in total. The van der Waals surface area contributed by atoms with Gasteiger partial charge in [0.05, 0.1) is 47.4 Å². The summed E-state index contributed by atoms with van der Waals surface area (Å²) in [6, 6.07) is 4.05. The zero-order valence-electron chi connectivity index (χ0n) is 15.2. The molecule has 2 aliphatic heterocycles. The van der Waals surface area contributed by atoms with Crippen molar-refractivity contribution in [2.24, 2.45) is 0 Å². The fraction of sp³-hybridized carbons (Fsp3) is 0.421. The molecule has 28 heavy (non-hydrogen) atoms. The van der Waals surface area contributed by atoms with E-state index in [0.29, 0.717) is 42.2 Å². The third-order valence-corrected chi connectivity index (χ3v) is 5.71. The third kappa shape index (κ3) is 3.22. The monoisotopic (exact) mass is 400 g/mol. The minimum atomic E-state index is -0.590. The van der Waals surface area contributed by atoms with E-state index in [1.165, 1.54) is 5.56 Å². The Bertz CT molecular complexity index is 1010. The summed E-state index contributed by atoms with van der Waals surface area (Å²) in [5.74, 6) is 0.975. The molecule has 3 aromatic heterocycles. The molecule has 0 bridgehead atoms. The van der Waals surface area contributed by atoms with Crippen LogP contribution in [0.5, 0.6) is 0 Å². The maximum atomic E-state index is 10.1. The van der Waals surface area contributed by atoms with Crippen molar-refractivity contribution < 1.29 is 9.84 Å². The van der Waals surface area contributed by atoms with Crippen LogP contribution < -0.4 is 10.6 Å². The number of aromatic nitrogens is 4. The van der Waals surface area contributed by atoms with Crippen LogP contribution in [0.2, 0.25) is 5.02 Å². The van der Waals surface area contributed by atoms with Crippen LogP contribution in [-0.2, 0) is 4.74 Å². The molecule has 2 fully saturated rings. The number of fused-ring (bicyclic) bond motifs is 1. The molecule has 2 atom stereocenters. The Morgan fingerprint density at radius 2 is 2.18 bits per heavy atom. The summed E-state index contributed by atoms with van der Waals surface area (Å²) in [6.07, 6.45) is 5.53. The lowest BCUT2D eigenvalue weighted by Gasteiger charge is -2.28. The second-order valence-corrected chi connectivity index (χ2v) is 7.68. The number of hydrogen-bond donors (Lipinski definition) is 3. The number of nitrogens with zero attached hydrogens (tertiary/aromatic N) is 4. The molecule has 5 rings (SSSR count). The van der Waals surface area contributed by atoms with E-state index in [4.69, 9.17) is 16.3 Å². The Morgan fingerprint density at radius 1 is 1.29 bits per heavy atom. The quantitative estimate of drug-likeness (QED) is 0.613. The maximum Gasteiger partial charge on any atom is 0.223 e. The standard InChI is InChI=1S/C19H21ClN6O2/c20-14-8-22-19(24-15-3-4-28-10-17(15)27)25-18(14)13-7-23-26-9-11(1-2-16(13)26)12-5-21-6-12/h1-2,7-9,12,15,17,21,27H,3-6,10H2,(H,22,24,25)/t15-,17-/m1/s1. The fourth-order valence-electron chi connectivity index (χ4n) is 3.63.